The Morgan fingerprint density at radius 2 is 2.10 bits per heavy atom. The van der Waals surface area contributed by atoms with Gasteiger partial charge in [-0.25, -0.2) is 14.4 Å². The molecule has 3 aromatic rings. The molecule has 7 heteroatoms. The number of halogens is 1. The molecule has 29 heavy (non-hydrogen) atoms. The Morgan fingerprint density at radius 3 is 2.83 bits per heavy atom. The molecule has 0 atom stereocenters. The smallest absolute Gasteiger partial charge is 0.228 e. The van der Waals surface area contributed by atoms with Crippen LogP contribution in [0.1, 0.15) is 24.2 Å². The van der Waals surface area contributed by atoms with Gasteiger partial charge in [0, 0.05) is 29.5 Å². The summed E-state index contributed by atoms with van der Waals surface area (Å²) >= 11 is 0. The van der Waals surface area contributed by atoms with Crippen LogP contribution in [0.4, 0.5) is 10.2 Å². The molecule has 3 N–H and O–H groups in total. The summed E-state index contributed by atoms with van der Waals surface area (Å²) in [6.45, 7) is 1.71. The van der Waals surface area contributed by atoms with Crippen LogP contribution in [0.2, 0.25) is 0 Å². The highest BCUT2D eigenvalue weighted by Gasteiger charge is 2.29. The number of allylic oxidation sites excluding steroid dienone is 1. The van der Waals surface area contributed by atoms with Gasteiger partial charge in [-0.1, -0.05) is 0 Å². The van der Waals surface area contributed by atoms with E-state index >= 15 is 0 Å². The van der Waals surface area contributed by atoms with Crippen molar-refractivity contribution in [1.82, 2.24) is 15.0 Å². The second-order valence-corrected chi connectivity index (χ2v) is 7.03. The van der Waals surface area contributed by atoms with Crippen LogP contribution in [0.25, 0.3) is 28.6 Å². The summed E-state index contributed by atoms with van der Waals surface area (Å²) in [5, 5.41) is 10.0. The summed E-state index contributed by atoms with van der Waals surface area (Å²) < 4.78 is 13.7. The second kappa shape index (κ2) is 7.79. The van der Waals surface area contributed by atoms with Crippen molar-refractivity contribution in [2.24, 2.45) is 5.92 Å². The van der Waals surface area contributed by atoms with Crippen LogP contribution in [0, 0.1) is 24.1 Å². The Labute approximate surface area is 167 Å². The summed E-state index contributed by atoms with van der Waals surface area (Å²) in [6, 6.07) is 8.46. The molecule has 1 saturated carbocycles. The van der Waals surface area contributed by atoms with Gasteiger partial charge in [-0.15, -0.1) is 0 Å². The fourth-order valence-electron chi connectivity index (χ4n) is 3.05. The van der Waals surface area contributed by atoms with Crippen molar-refractivity contribution in [2.75, 3.05) is 5.32 Å². The molecule has 0 saturated heterocycles. The maximum absolute atomic E-state index is 13.7. The van der Waals surface area contributed by atoms with Gasteiger partial charge in [-0.05, 0) is 67.8 Å². The monoisotopic (exact) mass is 389 g/mol. The van der Waals surface area contributed by atoms with Gasteiger partial charge in [-0.3, -0.25) is 4.79 Å². The molecule has 1 aliphatic rings. The molecule has 146 valence electrons. The van der Waals surface area contributed by atoms with E-state index in [-0.39, 0.29) is 17.6 Å². The van der Waals surface area contributed by atoms with Crippen LogP contribution in [0.5, 0.6) is 0 Å². The highest BCUT2D eigenvalue weighted by molar-refractivity contribution is 5.94. The van der Waals surface area contributed by atoms with E-state index in [1.807, 2.05) is 6.07 Å². The number of aromatic nitrogens is 3. The molecule has 6 nitrogen and oxygen atoms in total. The number of amides is 1. The van der Waals surface area contributed by atoms with E-state index in [4.69, 9.17) is 5.41 Å². The largest absolute Gasteiger partial charge is 0.338 e. The number of anilines is 1. The number of carbonyl (C=O) groups excluding carboxylic acids is 1. The summed E-state index contributed by atoms with van der Waals surface area (Å²) in [5.74, 6) is 0.850. The van der Waals surface area contributed by atoms with Crippen LogP contribution in [0.15, 0.2) is 42.6 Å². The molecule has 0 bridgehead atoms. The molecule has 0 unspecified atom stereocenters. The van der Waals surface area contributed by atoms with Gasteiger partial charge < -0.3 is 15.7 Å². The second-order valence-electron chi connectivity index (χ2n) is 7.03. The zero-order chi connectivity index (χ0) is 20.4. The minimum Gasteiger partial charge on any atom is -0.338 e. The van der Waals surface area contributed by atoms with E-state index in [0.717, 1.165) is 29.7 Å². The van der Waals surface area contributed by atoms with Crippen LogP contribution in [-0.4, -0.2) is 27.1 Å². The Hall–Kier alpha value is -3.61. The molecule has 0 aliphatic heterocycles. The van der Waals surface area contributed by atoms with Crippen LogP contribution >= 0.6 is 0 Å². The predicted molar refractivity (Wildman–Crippen MR) is 111 cm³/mol. The quantitative estimate of drug-likeness (QED) is 0.538. The van der Waals surface area contributed by atoms with Gasteiger partial charge in [0.15, 0.2) is 0 Å². The van der Waals surface area contributed by atoms with Crippen molar-refractivity contribution < 1.29 is 9.18 Å². The topological polar surface area (TPSA) is 94.5 Å². The molecule has 1 aliphatic carbocycles. The van der Waals surface area contributed by atoms with E-state index in [1.54, 1.807) is 43.5 Å². The number of carbonyl (C=O) groups is 1. The lowest BCUT2D eigenvalue weighted by molar-refractivity contribution is -0.117. The SMILES string of the molecule is Cc1cc(-c2nc(/C=C\C=N)[nH]c2-c2ccnc(NC(=O)C3CC3)c2)ccc1F. The normalized spacial score (nSPS) is 13.6. The predicted octanol–water partition coefficient (Wildman–Crippen LogP) is 4.60. The average molecular weight is 389 g/mol. The van der Waals surface area contributed by atoms with Crippen molar-refractivity contribution >= 4 is 24.0 Å². The van der Waals surface area contributed by atoms with E-state index in [1.165, 1.54) is 12.3 Å². The van der Waals surface area contributed by atoms with Gasteiger partial charge in [0.05, 0.1) is 11.4 Å². The minimum absolute atomic E-state index is 0.0109. The number of nitrogens with zero attached hydrogens (tertiary/aromatic N) is 2. The third-order valence-electron chi connectivity index (χ3n) is 4.75. The van der Waals surface area contributed by atoms with E-state index in [0.29, 0.717) is 22.9 Å². The highest BCUT2D eigenvalue weighted by atomic mass is 19.1. The lowest BCUT2D eigenvalue weighted by Crippen LogP contribution is -2.14. The van der Waals surface area contributed by atoms with Gasteiger partial charge in [-0.2, -0.15) is 0 Å². The maximum atomic E-state index is 13.7. The Morgan fingerprint density at radius 1 is 1.28 bits per heavy atom. The first kappa shape index (κ1) is 18.7. The molecule has 1 amide bonds. The summed E-state index contributed by atoms with van der Waals surface area (Å²) in [5.41, 5.74) is 3.48. The van der Waals surface area contributed by atoms with Crippen molar-refractivity contribution in [3.8, 4) is 22.5 Å². The van der Waals surface area contributed by atoms with Crippen molar-refractivity contribution in [3.05, 3.63) is 59.8 Å². The number of benzene rings is 1. The molecule has 1 fully saturated rings. The number of aryl methyl sites for hydroxylation is 1. The van der Waals surface area contributed by atoms with E-state index in [2.05, 4.69) is 20.3 Å². The Balaban J connectivity index is 1.76. The first-order chi connectivity index (χ1) is 14.0. The molecule has 0 spiro atoms. The summed E-state index contributed by atoms with van der Waals surface area (Å²) in [7, 11) is 0. The molecule has 2 heterocycles. The van der Waals surface area contributed by atoms with Crippen molar-refractivity contribution in [3.63, 3.8) is 0 Å². The van der Waals surface area contributed by atoms with Crippen molar-refractivity contribution in [2.45, 2.75) is 19.8 Å². The van der Waals surface area contributed by atoms with Crippen LogP contribution < -0.4 is 5.32 Å². The summed E-state index contributed by atoms with van der Waals surface area (Å²) in [4.78, 5) is 24.2. The third-order valence-corrected chi connectivity index (χ3v) is 4.75. The van der Waals surface area contributed by atoms with Gasteiger partial charge in [0.2, 0.25) is 5.91 Å². The standard InChI is InChI=1S/C22H20FN5O/c1-13-11-15(6-7-17(13)23)20-21(27-18(26-20)3-2-9-24)16-8-10-25-19(12-16)28-22(29)14-4-5-14/h2-3,6-12,14,24H,4-5H2,1H3,(H,26,27)(H,25,28,29)/b3-2-,24-9?. The number of hydrogen-bond acceptors (Lipinski definition) is 4. The Kier molecular flexibility index (Phi) is 5.03. The van der Waals surface area contributed by atoms with E-state index < -0.39 is 0 Å². The molecule has 2 aromatic heterocycles. The molecule has 4 rings (SSSR count). The van der Waals surface area contributed by atoms with Gasteiger partial charge in [0.25, 0.3) is 0 Å². The lowest BCUT2D eigenvalue weighted by Gasteiger charge is -2.07. The minimum atomic E-state index is -0.274. The van der Waals surface area contributed by atoms with Crippen molar-refractivity contribution in [1.29, 1.82) is 5.41 Å². The lowest BCUT2D eigenvalue weighted by atomic mass is 10.0. The number of rotatable bonds is 6. The van der Waals surface area contributed by atoms with E-state index in [9.17, 15) is 9.18 Å². The molecule has 0 radical (unpaired) electrons. The first-order valence-corrected chi connectivity index (χ1v) is 9.36. The number of pyridine rings is 1. The summed E-state index contributed by atoms with van der Waals surface area (Å²) in [6.07, 6.45) is 7.89. The number of hydrogen-bond donors (Lipinski definition) is 3. The van der Waals surface area contributed by atoms with Gasteiger partial charge >= 0.3 is 0 Å². The first-order valence-electron chi connectivity index (χ1n) is 9.36. The number of imidazole rings is 1. The van der Waals surface area contributed by atoms with Crippen LogP contribution in [-0.2, 0) is 4.79 Å². The zero-order valence-electron chi connectivity index (χ0n) is 15.9. The number of H-pyrrole nitrogens is 1. The maximum Gasteiger partial charge on any atom is 0.228 e. The average Bonchev–Trinajstić information content (AvgIpc) is 3.48. The molecular weight excluding hydrogens is 369 g/mol. The van der Waals surface area contributed by atoms with Crippen LogP contribution in [0.3, 0.4) is 0 Å². The number of nitrogens with one attached hydrogen (secondary N) is 3. The fraction of sp³-hybridized carbons (Fsp3) is 0.182. The number of aromatic amines is 1. The fourth-order valence-corrected chi connectivity index (χ4v) is 3.05. The molecule has 1 aromatic carbocycles. The third kappa shape index (κ3) is 4.13. The zero-order valence-corrected chi connectivity index (χ0v) is 15.9. The molecular formula is C22H20FN5O. The Bertz CT molecular complexity index is 1110. The van der Waals surface area contributed by atoms with Gasteiger partial charge in [0.1, 0.15) is 17.5 Å². The highest BCUT2D eigenvalue weighted by Crippen LogP contribution is 2.33.